The molecule has 0 fully saturated rings. The Labute approximate surface area is 105 Å². The van der Waals surface area contributed by atoms with Crippen LogP contribution in [0.5, 0.6) is 0 Å². The fourth-order valence-electron chi connectivity index (χ4n) is 1.42. The molecule has 0 spiro atoms. The van der Waals surface area contributed by atoms with Gasteiger partial charge in [-0.25, -0.2) is 4.39 Å². The first-order chi connectivity index (χ1) is 8.06. The third-order valence-electron chi connectivity index (χ3n) is 2.44. The highest BCUT2D eigenvalue weighted by molar-refractivity contribution is 6.31. The van der Waals surface area contributed by atoms with Crippen LogP contribution in [0.25, 0.3) is 0 Å². The van der Waals surface area contributed by atoms with Gasteiger partial charge in [-0.15, -0.1) is 0 Å². The summed E-state index contributed by atoms with van der Waals surface area (Å²) in [7, 11) is 1.35. The number of carbonyl (C=O) groups is 1. The zero-order valence-corrected chi connectivity index (χ0v) is 10.6. The van der Waals surface area contributed by atoms with E-state index in [1.807, 2.05) is 11.8 Å². The summed E-state index contributed by atoms with van der Waals surface area (Å²) < 4.78 is 17.5. The van der Waals surface area contributed by atoms with E-state index in [0.29, 0.717) is 18.1 Å². The Morgan fingerprint density at radius 3 is 2.76 bits per heavy atom. The lowest BCUT2D eigenvalue weighted by atomic mass is 10.2. The first kappa shape index (κ1) is 13.9. The topological polar surface area (TPSA) is 29.5 Å². The van der Waals surface area contributed by atoms with Crippen LogP contribution in [0.15, 0.2) is 18.2 Å². The van der Waals surface area contributed by atoms with Crippen LogP contribution in [-0.2, 0) is 16.1 Å². The molecule has 0 bridgehead atoms. The molecule has 0 aliphatic heterocycles. The second-order valence-corrected chi connectivity index (χ2v) is 4.02. The van der Waals surface area contributed by atoms with Crippen LogP contribution in [0.3, 0.4) is 0 Å². The summed E-state index contributed by atoms with van der Waals surface area (Å²) >= 11 is 5.92. The zero-order valence-electron chi connectivity index (χ0n) is 9.87. The number of nitrogens with zero attached hydrogens (tertiary/aromatic N) is 1. The molecular formula is C12H15ClFNO2. The average molecular weight is 260 g/mol. The van der Waals surface area contributed by atoms with Crippen molar-refractivity contribution in [2.24, 2.45) is 0 Å². The number of benzene rings is 1. The molecule has 0 radical (unpaired) electrons. The molecule has 1 rings (SSSR count). The van der Waals surface area contributed by atoms with Gasteiger partial charge in [-0.2, -0.15) is 0 Å². The quantitative estimate of drug-likeness (QED) is 0.761. The monoisotopic (exact) mass is 259 g/mol. The van der Waals surface area contributed by atoms with E-state index in [9.17, 15) is 9.18 Å². The molecule has 0 aliphatic carbocycles. The molecule has 0 N–H and O–H groups in total. The normalized spacial score (nSPS) is 10.6. The fraction of sp³-hybridized carbons (Fsp3) is 0.417. The molecule has 1 aromatic carbocycles. The number of hydrogen-bond acceptors (Lipinski definition) is 3. The van der Waals surface area contributed by atoms with Gasteiger partial charge in [0.25, 0.3) is 0 Å². The van der Waals surface area contributed by atoms with E-state index in [1.165, 1.54) is 19.2 Å². The van der Waals surface area contributed by atoms with Gasteiger partial charge in [-0.3, -0.25) is 9.69 Å². The Hall–Kier alpha value is -1.13. The van der Waals surface area contributed by atoms with Gasteiger partial charge < -0.3 is 4.74 Å². The number of likely N-dealkylation sites (N-methyl/N-ethyl adjacent to an activating group) is 1. The van der Waals surface area contributed by atoms with Gasteiger partial charge in [0.2, 0.25) is 0 Å². The average Bonchev–Trinajstić information content (AvgIpc) is 2.31. The van der Waals surface area contributed by atoms with E-state index in [0.717, 1.165) is 5.56 Å². The predicted octanol–water partition coefficient (Wildman–Crippen LogP) is 2.47. The third kappa shape index (κ3) is 4.32. The molecule has 17 heavy (non-hydrogen) atoms. The van der Waals surface area contributed by atoms with E-state index in [-0.39, 0.29) is 18.3 Å². The number of hydrogen-bond donors (Lipinski definition) is 0. The molecule has 0 unspecified atom stereocenters. The number of methoxy groups -OCH3 is 1. The zero-order chi connectivity index (χ0) is 12.8. The second kappa shape index (κ2) is 6.57. The van der Waals surface area contributed by atoms with Crippen molar-refractivity contribution in [3.63, 3.8) is 0 Å². The SMILES string of the molecule is CCN(CC(=O)OC)Cc1ccc(F)cc1Cl. The largest absolute Gasteiger partial charge is 0.468 e. The number of esters is 1. The van der Waals surface area contributed by atoms with E-state index in [2.05, 4.69) is 4.74 Å². The minimum Gasteiger partial charge on any atom is -0.468 e. The van der Waals surface area contributed by atoms with Gasteiger partial charge in [0.05, 0.1) is 13.7 Å². The highest BCUT2D eigenvalue weighted by Crippen LogP contribution is 2.18. The number of ether oxygens (including phenoxy) is 1. The van der Waals surface area contributed by atoms with Crippen LogP contribution >= 0.6 is 11.6 Å². The molecular weight excluding hydrogens is 245 g/mol. The maximum absolute atomic E-state index is 12.9. The van der Waals surface area contributed by atoms with Crippen LogP contribution in [-0.4, -0.2) is 31.1 Å². The van der Waals surface area contributed by atoms with Crippen LogP contribution in [0.2, 0.25) is 5.02 Å². The molecule has 1 aromatic rings. The predicted molar refractivity (Wildman–Crippen MR) is 64.4 cm³/mol. The van der Waals surface area contributed by atoms with Crippen LogP contribution in [0.4, 0.5) is 4.39 Å². The molecule has 0 amide bonds. The molecule has 5 heteroatoms. The van der Waals surface area contributed by atoms with Gasteiger partial charge in [0.15, 0.2) is 0 Å². The lowest BCUT2D eigenvalue weighted by molar-refractivity contribution is -0.142. The molecule has 0 atom stereocenters. The first-order valence-electron chi connectivity index (χ1n) is 5.30. The van der Waals surface area contributed by atoms with Crippen molar-refractivity contribution >= 4 is 17.6 Å². The van der Waals surface area contributed by atoms with Crippen molar-refractivity contribution in [1.82, 2.24) is 4.90 Å². The Balaban J connectivity index is 2.70. The molecule has 94 valence electrons. The molecule has 0 heterocycles. The Morgan fingerprint density at radius 1 is 1.53 bits per heavy atom. The Kier molecular flexibility index (Phi) is 5.38. The molecule has 0 aliphatic rings. The van der Waals surface area contributed by atoms with Crippen LogP contribution < -0.4 is 0 Å². The van der Waals surface area contributed by atoms with E-state index >= 15 is 0 Å². The van der Waals surface area contributed by atoms with Gasteiger partial charge in [0.1, 0.15) is 5.82 Å². The summed E-state index contributed by atoms with van der Waals surface area (Å²) in [6, 6.07) is 4.24. The van der Waals surface area contributed by atoms with E-state index in [4.69, 9.17) is 11.6 Å². The molecule has 0 saturated carbocycles. The fourth-order valence-corrected chi connectivity index (χ4v) is 1.64. The van der Waals surface area contributed by atoms with E-state index < -0.39 is 0 Å². The summed E-state index contributed by atoms with van der Waals surface area (Å²) in [6.45, 7) is 3.30. The number of carbonyl (C=O) groups excluding carboxylic acids is 1. The van der Waals surface area contributed by atoms with Crippen molar-refractivity contribution < 1.29 is 13.9 Å². The third-order valence-corrected chi connectivity index (χ3v) is 2.79. The summed E-state index contributed by atoms with van der Waals surface area (Å²) in [5.74, 6) is -0.667. The highest BCUT2D eigenvalue weighted by atomic mass is 35.5. The minimum atomic E-state index is -0.366. The first-order valence-corrected chi connectivity index (χ1v) is 5.67. The van der Waals surface area contributed by atoms with Crippen molar-refractivity contribution in [2.45, 2.75) is 13.5 Å². The van der Waals surface area contributed by atoms with Crippen LogP contribution in [0, 0.1) is 5.82 Å². The minimum absolute atomic E-state index is 0.195. The summed E-state index contributed by atoms with van der Waals surface area (Å²) in [6.07, 6.45) is 0. The Bertz CT molecular complexity index is 398. The smallest absolute Gasteiger partial charge is 0.319 e. The van der Waals surface area contributed by atoms with E-state index in [1.54, 1.807) is 6.07 Å². The highest BCUT2D eigenvalue weighted by Gasteiger charge is 2.11. The van der Waals surface area contributed by atoms with Crippen molar-refractivity contribution in [3.05, 3.63) is 34.6 Å². The maximum atomic E-state index is 12.9. The van der Waals surface area contributed by atoms with Crippen LogP contribution in [0.1, 0.15) is 12.5 Å². The van der Waals surface area contributed by atoms with Gasteiger partial charge in [0, 0.05) is 11.6 Å². The van der Waals surface area contributed by atoms with Crippen molar-refractivity contribution in [2.75, 3.05) is 20.2 Å². The van der Waals surface area contributed by atoms with Gasteiger partial charge in [-0.05, 0) is 24.2 Å². The number of rotatable bonds is 5. The summed E-state index contributed by atoms with van der Waals surface area (Å²) in [5.41, 5.74) is 0.791. The van der Waals surface area contributed by atoms with Crippen molar-refractivity contribution in [3.8, 4) is 0 Å². The molecule has 0 saturated heterocycles. The standard InChI is InChI=1S/C12H15ClFNO2/c1-3-15(8-12(16)17-2)7-9-4-5-10(14)6-11(9)13/h4-6H,3,7-8H2,1-2H3. The van der Waals surface area contributed by atoms with Gasteiger partial charge in [-0.1, -0.05) is 24.6 Å². The Morgan fingerprint density at radius 2 is 2.24 bits per heavy atom. The summed E-state index contributed by atoms with van der Waals surface area (Å²) in [4.78, 5) is 13.0. The lowest BCUT2D eigenvalue weighted by Gasteiger charge is -2.19. The second-order valence-electron chi connectivity index (χ2n) is 3.62. The van der Waals surface area contributed by atoms with Gasteiger partial charge >= 0.3 is 5.97 Å². The maximum Gasteiger partial charge on any atom is 0.319 e. The van der Waals surface area contributed by atoms with Crippen molar-refractivity contribution in [1.29, 1.82) is 0 Å². The lowest BCUT2D eigenvalue weighted by Crippen LogP contribution is -2.30. The molecule has 3 nitrogen and oxygen atoms in total. The molecule has 0 aromatic heterocycles. The summed E-state index contributed by atoms with van der Waals surface area (Å²) in [5, 5.41) is 0.369. The number of halogens is 2.